The fourth-order valence-corrected chi connectivity index (χ4v) is 2.49. The van der Waals surface area contributed by atoms with E-state index < -0.39 is 4.92 Å². The molecule has 1 aliphatic carbocycles. The quantitative estimate of drug-likeness (QED) is 0.656. The second kappa shape index (κ2) is 5.36. The lowest BCUT2D eigenvalue weighted by atomic mass is 10.1. The van der Waals surface area contributed by atoms with Crippen molar-refractivity contribution in [3.63, 3.8) is 0 Å². The Morgan fingerprint density at radius 3 is 2.71 bits per heavy atom. The van der Waals surface area contributed by atoms with Crippen molar-refractivity contribution in [2.75, 3.05) is 11.9 Å². The summed E-state index contributed by atoms with van der Waals surface area (Å²) in [4.78, 5) is 10.1. The van der Waals surface area contributed by atoms with E-state index in [4.69, 9.17) is 11.6 Å². The molecule has 1 aliphatic rings. The van der Waals surface area contributed by atoms with Crippen molar-refractivity contribution in [1.82, 2.24) is 0 Å². The van der Waals surface area contributed by atoms with Crippen LogP contribution in [0, 0.1) is 16.0 Å². The highest BCUT2D eigenvalue weighted by Gasteiger charge is 2.15. The molecule has 0 heterocycles. The number of anilines is 1. The first-order valence-corrected chi connectivity index (χ1v) is 6.22. The minimum atomic E-state index is -0.469. The van der Waals surface area contributed by atoms with Gasteiger partial charge in [-0.15, -0.1) is 0 Å². The molecule has 1 aromatic carbocycles. The number of benzene rings is 1. The number of nitrogens with zero attached hydrogens (tertiary/aromatic N) is 1. The molecule has 0 aromatic heterocycles. The third-order valence-corrected chi connectivity index (χ3v) is 3.52. The highest BCUT2D eigenvalue weighted by Crippen LogP contribution is 2.29. The maximum absolute atomic E-state index is 10.6. The van der Waals surface area contributed by atoms with Gasteiger partial charge < -0.3 is 5.32 Å². The number of halogens is 1. The van der Waals surface area contributed by atoms with Crippen molar-refractivity contribution in [2.24, 2.45) is 5.92 Å². The van der Waals surface area contributed by atoms with Crippen molar-refractivity contribution in [2.45, 2.75) is 25.7 Å². The summed E-state index contributed by atoms with van der Waals surface area (Å²) < 4.78 is 0. The smallest absolute Gasteiger partial charge is 0.288 e. The van der Waals surface area contributed by atoms with Crippen LogP contribution in [-0.2, 0) is 0 Å². The van der Waals surface area contributed by atoms with E-state index >= 15 is 0 Å². The maximum Gasteiger partial charge on any atom is 0.288 e. The monoisotopic (exact) mass is 254 g/mol. The predicted octanol–water partition coefficient (Wildman–Crippen LogP) is 3.85. The zero-order valence-corrected chi connectivity index (χ0v) is 10.2. The Balaban J connectivity index is 1.97. The summed E-state index contributed by atoms with van der Waals surface area (Å²) in [6.07, 6.45) is 5.17. The van der Waals surface area contributed by atoms with Gasteiger partial charge in [0.2, 0.25) is 0 Å². The standard InChI is InChI=1S/C12H15ClN2O2/c13-11-7-10(5-6-12(11)15(16)17)14-8-9-3-1-2-4-9/h5-7,9,14H,1-4,8H2. The van der Waals surface area contributed by atoms with Crippen LogP contribution in [0.5, 0.6) is 0 Å². The largest absolute Gasteiger partial charge is 0.385 e. The van der Waals surface area contributed by atoms with Gasteiger partial charge in [-0.05, 0) is 30.9 Å². The fourth-order valence-electron chi connectivity index (χ4n) is 2.24. The third-order valence-electron chi connectivity index (χ3n) is 3.21. The SMILES string of the molecule is O=[N+]([O-])c1ccc(NCC2CCCC2)cc1Cl. The second-order valence-electron chi connectivity index (χ2n) is 4.45. The molecule has 0 bridgehead atoms. The predicted molar refractivity (Wildman–Crippen MR) is 68.6 cm³/mol. The molecule has 5 heteroatoms. The van der Waals surface area contributed by atoms with E-state index in [2.05, 4.69) is 5.32 Å². The lowest BCUT2D eigenvalue weighted by Gasteiger charge is -2.11. The fraction of sp³-hybridized carbons (Fsp3) is 0.500. The van der Waals surface area contributed by atoms with E-state index in [9.17, 15) is 10.1 Å². The van der Waals surface area contributed by atoms with Crippen molar-refractivity contribution in [3.8, 4) is 0 Å². The van der Waals surface area contributed by atoms with E-state index in [0.29, 0.717) is 0 Å². The molecule has 1 aromatic rings. The number of nitro benzene ring substituents is 1. The van der Waals surface area contributed by atoms with E-state index in [1.165, 1.54) is 31.7 Å². The molecule has 0 amide bonds. The lowest BCUT2D eigenvalue weighted by molar-refractivity contribution is -0.384. The lowest BCUT2D eigenvalue weighted by Crippen LogP contribution is -2.10. The molecule has 0 radical (unpaired) electrons. The zero-order chi connectivity index (χ0) is 12.3. The molecule has 0 spiro atoms. The summed E-state index contributed by atoms with van der Waals surface area (Å²) >= 11 is 5.84. The van der Waals surface area contributed by atoms with Gasteiger partial charge in [0.05, 0.1) is 4.92 Å². The van der Waals surface area contributed by atoms with Gasteiger partial charge in [-0.1, -0.05) is 24.4 Å². The molecule has 1 saturated carbocycles. The molecule has 0 saturated heterocycles. The normalized spacial score (nSPS) is 16.1. The van der Waals surface area contributed by atoms with Gasteiger partial charge in [0, 0.05) is 18.3 Å². The Morgan fingerprint density at radius 1 is 1.41 bits per heavy atom. The van der Waals surface area contributed by atoms with Crippen molar-refractivity contribution in [1.29, 1.82) is 0 Å². The summed E-state index contributed by atoms with van der Waals surface area (Å²) in [7, 11) is 0. The Hall–Kier alpha value is -1.29. The summed E-state index contributed by atoms with van der Waals surface area (Å²) in [5, 5.41) is 14.1. The van der Waals surface area contributed by atoms with Crippen LogP contribution >= 0.6 is 11.6 Å². The molecule has 92 valence electrons. The van der Waals surface area contributed by atoms with Crippen LogP contribution in [-0.4, -0.2) is 11.5 Å². The number of hydrogen-bond donors (Lipinski definition) is 1. The average molecular weight is 255 g/mol. The summed E-state index contributed by atoms with van der Waals surface area (Å²) in [5.74, 6) is 0.726. The number of nitrogens with one attached hydrogen (secondary N) is 1. The zero-order valence-electron chi connectivity index (χ0n) is 9.49. The summed E-state index contributed by atoms with van der Waals surface area (Å²) in [6.45, 7) is 0.925. The van der Waals surface area contributed by atoms with Crippen LogP contribution in [0.3, 0.4) is 0 Å². The molecule has 1 fully saturated rings. The van der Waals surface area contributed by atoms with Crippen molar-refractivity contribution in [3.05, 3.63) is 33.3 Å². The molecule has 0 unspecified atom stereocenters. The van der Waals surface area contributed by atoms with E-state index in [1.807, 2.05) is 0 Å². The molecule has 0 aliphatic heterocycles. The Bertz CT molecular complexity index is 417. The van der Waals surface area contributed by atoms with Crippen molar-refractivity contribution >= 4 is 23.0 Å². The molecule has 2 rings (SSSR count). The van der Waals surface area contributed by atoms with Crippen LogP contribution in [0.4, 0.5) is 11.4 Å². The van der Waals surface area contributed by atoms with E-state index in [1.54, 1.807) is 12.1 Å². The van der Waals surface area contributed by atoms with Crippen LogP contribution in [0.15, 0.2) is 18.2 Å². The Kier molecular flexibility index (Phi) is 3.84. The van der Waals surface area contributed by atoms with Gasteiger partial charge >= 0.3 is 0 Å². The van der Waals surface area contributed by atoms with Gasteiger partial charge in [-0.25, -0.2) is 0 Å². The van der Waals surface area contributed by atoms with Gasteiger partial charge in [0.1, 0.15) is 5.02 Å². The van der Waals surface area contributed by atoms with Crippen LogP contribution in [0.2, 0.25) is 5.02 Å². The van der Waals surface area contributed by atoms with Crippen LogP contribution in [0.25, 0.3) is 0 Å². The minimum absolute atomic E-state index is 0.0434. The molecule has 4 nitrogen and oxygen atoms in total. The highest BCUT2D eigenvalue weighted by atomic mass is 35.5. The first-order valence-electron chi connectivity index (χ1n) is 5.84. The molecular weight excluding hydrogens is 240 g/mol. The Morgan fingerprint density at radius 2 is 2.12 bits per heavy atom. The molecule has 17 heavy (non-hydrogen) atoms. The van der Waals surface area contributed by atoms with Crippen LogP contribution in [0.1, 0.15) is 25.7 Å². The maximum atomic E-state index is 10.6. The van der Waals surface area contributed by atoms with E-state index in [0.717, 1.165) is 18.2 Å². The van der Waals surface area contributed by atoms with Gasteiger partial charge in [0.25, 0.3) is 5.69 Å². The first-order chi connectivity index (χ1) is 8.16. The number of rotatable bonds is 4. The van der Waals surface area contributed by atoms with Crippen LogP contribution < -0.4 is 5.32 Å². The van der Waals surface area contributed by atoms with Crippen molar-refractivity contribution < 1.29 is 4.92 Å². The average Bonchev–Trinajstić information content (AvgIpc) is 2.78. The molecule has 1 N–H and O–H groups in total. The Labute approximate surface area is 105 Å². The van der Waals surface area contributed by atoms with E-state index in [-0.39, 0.29) is 10.7 Å². The second-order valence-corrected chi connectivity index (χ2v) is 4.86. The molecular formula is C12H15ClN2O2. The van der Waals surface area contributed by atoms with Gasteiger partial charge in [0.15, 0.2) is 0 Å². The highest BCUT2D eigenvalue weighted by molar-refractivity contribution is 6.32. The number of hydrogen-bond acceptors (Lipinski definition) is 3. The summed E-state index contributed by atoms with van der Waals surface area (Å²) in [6, 6.07) is 4.77. The van der Waals surface area contributed by atoms with Gasteiger partial charge in [-0.2, -0.15) is 0 Å². The minimum Gasteiger partial charge on any atom is -0.385 e. The number of nitro groups is 1. The van der Waals surface area contributed by atoms with Gasteiger partial charge in [-0.3, -0.25) is 10.1 Å². The summed E-state index contributed by atoms with van der Waals surface area (Å²) in [5.41, 5.74) is 0.811. The topological polar surface area (TPSA) is 55.2 Å². The molecule has 0 atom stereocenters. The first kappa shape index (κ1) is 12.2. The third kappa shape index (κ3) is 3.09.